The number of rotatable bonds is 4. The number of ether oxygens (including phenoxy) is 1. The van der Waals surface area contributed by atoms with E-state index in [2.05, 4.69) is 10.9 Å². The van der Waals surface area contributed by atoms with Gasteiger partial charge < -0.3 is 4.74 Å². The summed E-state index contributed by atoms with van der Waals surface area (Å²) in [5.41, 5.74) is 6.65. The monoisotopic (exact) mass is 366 g/mol. The molecule has 2 aromatic carbocycles. The number of carbonyl (C=O) groups is 2. The molecule has 126 valence electrons. The van der Waals surface area contributed by atoms with Crippen molar-refractivity contribution in [2.24, 2.45) is 0 Å². The summed E-state index contributed by atoms with van der Waals surface area (Å²) >= 11 is 11.8. The first-order valence-corrected chi connectivity index (χ1v) is 7.87. The molecular weight excluding hydrogens is 351 g/mol. The maximum atomic E-state index is 12.0. The Morgan fingerprint density at radius 1 is 1.08 bits per heavy atom. The molecule has 0 fully saturated rings. The molecule has 24 heavy (non-hydrogen) atoms. The molecular formula is C17H16Cl2N2O3. The highest BCUT2D eigenvalue weighted by Gasteiger charge is 2.13. The predicted octanol–water partition coefficient (Wildman–Crippen LogP) is 3.45. The minimum atomic E-state index is -0.567. The van der Waals surface area contributed by atoms with Crippen molar-refractivity contribution in [2.75, 3.05) is 6.61 Å². The zero-order valence-electron chi connectivity index (χ0n) is 13.2. The van der Waals surface area contributed by atoms with Crippen LogP contribution in [0.25, 0.3) is 0 Å². The van der Waals surface area contributed by atoms with Crippen molar-refractivity contribution in [1.82, 2.24) is 10.9 Å². The zero-order valence-corrected chi connectivity index (χ0v) is 14.7. The second-order valence-electron chi connectivity index (χ2n) is 5.16. The molecule has 2 amide bonds. The van der Waals surface area contributed by atoms with Crippen molar-refractivity contribution in [2.45, 2.75) is 13.8 Å². The third-order valence-corrected chi connectivity index (χ3v) is 4.03. The van der Waals surface area contributed by atoms with Crippen LogP contribution in [0.5, 0.6) is 5.75 Å². The van der Waals surface area contributed by atoms with E-state index in [1.54, 1.807) is 12.1 Å². The lowest BCUT2D eigenvalue weighted by molar-refractivity contribution is -0.123. The number of carbonyl (C=O) groups excluding carboxylic acids is 2. The van der Waals surface area contributed by atoms with Gasteiger partial charge in [-0.25, -0.2) is 0 Å². The van der Waals surface area contributed by atoms with Gasteiger partial charge in [0.05, 0.1) is 15.6 Å². The molecule has 0 saturated carbocycles. The summed E-state index contributed by atoms with van der Waals surface area (Å²) in [5.74, 6) is -0.445. The van der Waals surface area contributed by atoms with Crippen LogP contribution in [0.4, 0.5) is 0 Å². The molecule has 0 aliphatic heterocycles. The Balaban J connectivity index is 1.88. The summed E-state index contributed by atoms with van der Waals surface area (Å²) in [4.78, 5) is 23.8. The SMILES string of the molecule is Cc1ccc(C)c(OCC(=O)NNC(=O)c2cccc(Cl)c2Cl)c1. The maximum absolute atomic E-state index is 12.0. The lowest BCUT2D eigenvalue weighted by Gasteiger charge is -2.11. The van der Waals surface area contributed by atoms with E-state index < -0.39 is 11.8 Å². The highest BCUT2D eigenvalue weighted by molar-refractivity contribution is 6.43. The van der Waals surface area contributed by atoms with Gasteiger partial charge >= 0.3 is 0 Å². The molecule has 0 bridgehead atoms. The smallest absolute Gasteiger partial charge is 0.276 e. The number of halogens is 2. The number of hydrogen-bond donors (Lipinski definition) is 2. The Hall–Kier alpha value is -2.24. The van der Waals surface area contributed by atoms with E-state index in [4.69, 9.17) is 27.9 Å². The van der Waals surface area contributed by atoms with E-state index in [9.17, 15) is 9.59 Å². The predicted molar refractivity (Wildman–Crippen MR) is 93.5 cm³/mol. The molecule has 7 heteroatoms. The number of hydrazine groups is 1. The zero-order chi connectivity index (χ0) is 17.7. The first kappa shape index (κ1) is 18.1. The van der Waals surface area contributed by atoms with Gasteiger partial charge in [-0.2, -0.15) is 0 Å². The van der Waals surface area contributed by atoms with E-state index in [1.165, 1.54) is 6.07 Å². The van der Waals surface area contributed by atoms with Gasteiger partial charge in [0.25, 0.3) is 11.8 Å². The van der Waals surface area contributed by atoms with Crippen LogP contribution in [-0.4, -0.2) is 18.4 Å². The van der Waals surface area contributed by atoms with Gasteiger partial charge in [-0.15, -0.1) is 0 Å². The Kier molecular flexibility index (Phi) is 6.06. The van der Waals surface area contributed by atoms with Gasteiger partial charge in [0.2, 0.25) is 0 Å². The van der Waals surface area contributed by atoms with Crippen LogP contribution in [0, 0.1) is 13.8 Å². The highest BCUT2D eigenvalue weighted by Crippen LogP contribution is 2.25. The second kappa shape index (κ2) is 8.04. The van der Waals surface area contributed by atoms with Crippen LogP contribution in [-0.2, 0) is 4.79 Å². The van der Waals surface area contributed by atoms with Crippen LogP contribution in [0.2, 0.25) is 10.0 Å². The first-order chi connectivity index (χ1) is 11.4. The largest absolute Gasteiger partial charge is 0.483 e. The standard InChI is InChI=1S/C17H16Cl2N2O3/c1-10-6-7-11(2)14(8-10)24-9-15(22)20-21-17(23)12-4-3-5-13(18)16(12)19/h3-8H,9H2,1-2H3,(H,20,22)(H,21,23). The average molecular weight is 367 g/mol. The van der Waals surface area contributed by atoms with E-state index in [-0.39, 0.29) is 22.2 Å². The quantitative estimate of drug-likeness (QED) is 0.814. The van der Waals surface area contributed by atoms with Crippen molar-refractivity contribution in [3.8, 4) is 5.75 Å². The average Bonchev–Trinajstić information content (AvgIpc) is 2.56. The molecule has 0 aromatic heterocycles. The van der Waals surface area contributed by atoms with E-state index in [0.717, 1.165) is 11.1 Å². The van der Waals surface area contributed by atoms with E-state index in [1.807, 2.05) is 32.0 Å². The number of nitrogens with one attached hydrogen (secondary N) is 2. The molecule has 0 aliphatic carbocycles. The Morgan fingerprint density at radius 2 is 1.83 bits per heavy atom. The van der Waals surface area contributed by atoms with E-state index in [0.29, 0.717) is 5.75 Å². The third kappa shape index (κ3) is 4.63. The fourth-order valence-electron chi connectivity index (χ4n) is 1.92. The Labute approximate surface area is 149 Å². The second-order valence-corrected chi connectivity index (χ2v) is 5.95. The van der Waals surface area contributed by atoms with Crippen molar-refractivity contribution >= 4 is 35.0 Å². The van der Waals surface area contributed by atoms with Gasteiger partial charge in [-0.1, -0.05) is 41.4 Å². The Morgan fingerprint density at radius 3 is 2.58 bits per heavy atom. The van der Waals surface area contributed by atoms with Crippen LogP contribution >= 0.6 is 23.2 Å². The lowest BCUT2D eigenvalue weighted by atomic mass is 10.1. The molecule has 0 saturated heterocycles. The third-order valence-electron chi connectivity index (χ3n) is 3.21. The van der Waals surface area contributed by atoms with Crippen molar-refractivity contribution in [3.63, 3.8) is 0 Å². The fourth-order valence-corrected chi connectivity index (χ4v) is 2.30. The highest BCUT2D eigenvalue weighted by atomic mass is 35.5. The van der Waals surface area contributed by atoms with Gasteiger partial charge in [0.15, 0.2) is 6.61 Å². The summed E-state index contributed by atoms with van der Waals surface area (Å²) in [7, 11) is 0. The van der Waals surface area contributed by atoms with Crippen molar-refractivity contribution in [3.05, 3.63) is 63.1 Å². The van der Waals surface area contributed by atoms with Crippen LogP contribution < -0.4 is 15.6 Å². The topological polar surface area (TPSA) is 67.4 Å². The minimum absolute atomic E-state index is 0.123. The summed E-state index contributed by atoms with van der Waals surface area (Å²) in [6, 6.07) is 10.4. The first-order valence-electron chi connectivity index (χ1n) is 7.11. The summed E-state index contributed by atoms with van der Waals surface area (Å²) in [5, 5.41) is 0.381. The summed E-state index contributed by atoms with van der Waals surface area (Å²) in [6.45, 7) is 3.59. The van der Waals surface area contributed by atoms with Gasteiger partial charge in [-0.3, -0.25) is 20.4 Å². The lowest BCUT2D eigenvalue weighted by Crippen LogP contribution is -2.44. The molecule has 2 rings (SSSR count). The van der Waals surface area contributed by atoms with E-state index >= 15 is 0 Å². The molecule has 0 spiro atoms. The van der Waals surface area contributed by atoms with Crippen LogP contribution in [0.1, 0.15) is 21.5 Å². The molecule has 0 heterocycles. The molecule has 2 aromatic rings. The Bertz CT molecular complexity index is 778. The normalized spacial score (nSPS) is 10.2. The molecule has 0 aliphatic rings. The summed E-state index contributed by atoms with van der Waals surface area (Å²) < 4.78 is 5.45. The molecule has 5 nitrogen and oxygen atoms in total. The van der Waals surface area contributed by atoms with Crippen molar-refractivity contribution in [1.29, 1.82) is 0 Å². The number of hydrogen-bond acceptors (Lipinski definition) is 3. The van der Waals surface area contributed by atoms with Crippen LogP contribution in [0.15, 0.2) is 36.4 Å². The maximum Gasteiger partial charge on any atom is 0.276 e. The fraction of sp³-hybridized carbons (Fsp3) is 0.176. The van der Waals surface area contributed by atoms with Gasteiger partial charge in [-0.05, 0) is 43.2 Å². The number of benzene rings is 2. The van der Waals surface area contributed by atoms with Crippen LogP contribution in [0.3, 0.4) is 0 Å². The van der Waals surface area contributed by atoms with Gasteiger partial charge in [0, 0.05) is 0 Å². The van der Waals surface area contributed by atoms with Crippen molar-refractivity contribution < 1.29 is 14.3 Å². The number of aryl methyl sites for hydroxylation is 2. The molecule has 0 radical (unpaired) electrons. The molecule has 0 unspecified atom stereocenters. The molecule has 2 N–H and O–H groups in total. The summed E-state index contributed by atoms with van der Waals surface area (Å²) in [6.07, 6.45) is 0. The minimum Gasteiger partial charge on any atom is -0.483 e. The molecule has 0 atom stereocenters. The van der Waals surface area contributed by atoms with Gasteiger partial charge in [0.1, 0.15) is 5.75 Å². The number of amides is 2.